The SMILES string of the molecule is N=C(N)c1ccc(Oc2ccccc2Cl)c(F)c1Br. The molecule has 0 aromatic heterocycles. The van der Waals surface area contributed by atoms with Gasteiger partial charge in [0, 0.05) is 5.56 Å². The Balaban J connectivity index is 2.40. The molecule has 2 aromatic rings. The predicted octanol–water partition coefficient (Wildman–Crippen LogP) is 4.32. The van der Waals surface area contributed by atoms with Crippen molar-refractivity contribution in [3.63, 3.8) is 0 Å². The van der Waals surface area contributed by atoms with E-state index in [1.54, 1.807) is 24.3 Å². The van der Waals surface area contributed by atoms with Crippen LogP contribution in [0.2, 0.25) is 5.02 Å². The van der Waals surface area contributed by atoms with E-state index in [0.29, 0.717) is 10.8 Å². The second-order valence-corrected chi connectivity index (χ2v) is 4.89. The van der Waals surface area contributed by atoms with Crippen molar-refractivity contribution in [3.8, 4) is 11.5 Å². The number of hydrogen-bond acceptors (Lipinski definition) is 2. The van der Waals surface area contributed by atoms with E-state index in [0.717, 1.165) is 0 Å². The quantitative estimate of drug-likeness (QED) is 0.644. The second-order valence-electron chi connectivity index (χ2n) is 3.69. The van der Waals surface area contributed by atoms with Crippen molar-refractivity contribution in [2.75, 3.05) is 0 Å². The zero-order valence-corrected chi connectivity index (χ0v) is 11.9. The number of nitrogens with one attached hydrogen (secondary N) is 1. The molecule has 19 heavy (non-hydrogen) atoms. The van der Waals surface area contributed by atoms with E-state index in [1.165, 1.54) is 12.1 Å². The van der Waals surface area contributed by atoms with Crippen molar-refractivity contribution in [1.82, 2.24) is 0 Å². The molecule has 0 fully saturated rings. The van der Waals surface area contributed by atoms with E-state index in [1.807, 2.05) is 0 Å². The molecule has 0 aliphatic heterocycles. The number of halogens is 3. The molecule has 0 amide bonds. The minimum Gasteiger partial charge on any atom is -0.453 e. The summed E-state index contributed by atoms with van der Waals surface area (Å²) in [6, 6.07) is 9.67. The van der Waals surface area contributed by atoms with Crippen molar-refractivity contribution >= 4 is 33.4 Å². The highest BCUT2D eigenvalue weighted by Gasteiger charge is 2.15. The van der Waals surface area contributed by atoms with Gasteiger partial charge >= 0.3 is 0 Å². The number of hydrogen-bond donors (Lipinski definition) is 2. The molecule has 0 unspecified atom stereocenters. The van der Waals surface area contributed by atoms with E-state index in [9.17, 15) is 4.39 Å². The molecule has 6 heteroatoms. The highest BCUT2D eigenvalue weighted by molar-refractivity contribution is 9.10. The molecular weight excluding hydrogens is 335 g/mol. The van der Waals surface area contributed by atoms with Gasteiger partial charge in [-0.1, -0.05) is 23.7 Å². The number of nitrogens with two attached hydrogens (primary N) is 1. The van der Waals surface area contributed by atoms with Gasteiger partial charge < -0.3 is 10.5 Å². The van der Waals surface area contributed by atoms with Crippen LogP contribution < -0.4 is 10.5 Å². The van der Waals surface area contributed by atoms with Gasteiger partial charge in [0.1, 0.15) is 11.6 Å². The molecule has 0 radical (unpaired) electrons. The lowest BCUT2D eigenvalue weighted by Crippen LogP contribution is -2.12. The first-order chi connectivity index (χ1) is 9.00. The van der Waals surface area contributed by atoms with Gasteiger partial charge in [0.2, 0.25) is 0 Å². The summed E-state index contributed by atoms with van der Waals surface area (Å²) in [4.78, 5) is 0. The summed E-state index contributed by atoms with van der Waals surface area (Å²) in [6.45, 7) is 0. The summed E-state index contributed by atoms with van der Waals surface area (Å²) >= 11 is 8.99. The Kier molecular flexibility index (Phi) is 4.07. The van der Waals surface area contributed by atoms with Crippen LogP contribution in [-0.2, 0) is 0 Å². The molecule has 3 N–H and O–H groups in total. The molecular formula is C13H9BrClFN2O. The van der Waals surface area contributed by atoms with Crippen LogP contribution >= 0.6 is 27.5 Å². The van der Waals surface area contributed by atoms with Gasteiger partial charge in [-0.25, -0.2) is 4.39 Å². The van der Waals surface area contributed by atoms with Gasteiger partial charge in [-0.3, -0.25) is 5.41 Å². The molecule has 0 atom stereocenters. The molecule has 0 saturated heterocycles. The van der Waals surface area contributed by atoms with Gasteiger partial charge in [0.05, 0.1) is 9.50 Å². The largest absolute Gasteiger partial charge is 0.453 e. The molecule has 0 bridgehead atoms. The zero-order chi connectivity index (χ0) is 14.0. The first-order valence-corrected chi connectivity index (χ1v) is 6.42. The van der Waals surface area contributed by atoms with E-state index in [-0.39, 0.29) is 21.6 Å². The van der Waals surface area contributed by atoms with Crippen molar-refractivity contribution in [2.24, 2.45) is 5.73 Å². The van der Waals surface area contributed by atoms with Crippen molar-refractivity contribution in [2.45, 2.75) is 0 Å². The summed E-state index contributed by atoms with van der Waals surface area (Å²) in [6.07, 6.45) is 0. The smallest absolute Gasteiger partial charge is 0.180 e. The average molecular weight is 344 g/mol. The first-order valence-electron chi connectivity index (χ1n) is 5.25. The lowest BCUT2D eigenvalue weighted by molar-refractivity contribution is 0.440. The van der Waals surface area contributed by atoms with Crippen molar-refractivity contribution in [1.29, 1.82) is 5.41 Å². The lowest BCUT2D eigenvalue weighted by atomic mass is 10.2. The summed E-state index contributed by atoms with van der Waals surface area (Å²) in [5, 5.41) is 7.70. The normalized spacial score (nSPS) is 10.3. The minimum atomic E-state index is -0.632. The maximum Gasteiger partial charge on any atom is 0.180 e. The molecule has 0 heterocycles. The Morgan fingerprint density at radius 2 is 1.89 bits per heavy atom. The molecule has 0 aliphatic rings. The Labute approximate surface area is 122 Å². The van der Waals surface area contributed by atoms with Crippen molar-refractivity contribution < 1.29 is 9.13 Å². The number of para-hydroxylation sites is 1. The maximum atomic E-state index is 14.1. The highest BCUT2D eigenvalue weighted by atomic mass is 79.9. The molecule has 3 nitrogen and oxygen atoms in total. The molecule has 0 aliphatic carbocycles. The predicted molar refractivity (Wildman–Crippen MR) is 76.6 cm³/mol. The van der Waals surface area contributed by atoms with Crippen LogP contribution in [0.3, 0.4) is 0 Å². The van der Waals surface area contributed by atoms with Crippen LogP contribution in [0.1, 0.15) is 5.56 Å². The van der Waals surface area contributed by atoms with Gasteiger partial charge in [-0.15, -0.1) is 0 Å². The number of ether oxygens (including phenoxy) is 1. The summed E-state index contributed by atoms with van der Waals surface area (Å²) in [7, 11) is 0. The second kappa shape index (κ2) is 5.59. The van der Waals surface area contributed by atoms with E-state index in [2.05, 4.69) is 15.9 Å². The minimum absolute atomic E-state index is 0.00461. The van der Waals surface area contributed by atoms with Crippen LogP contribution in [-0.4, -0.2) is 5.84 Å². The van der Waals surface area contributed by atoms with Crippen LogP contribution in [0, 0.1) is 11.2 Å². The van der Waals surface area contributed by atoms with Gasteiger partial charge in [-0.2, -0.15) is 0 Å². The highest BCUT2D eigenvalue weighted by Crippen LogP contribution is 2.34. The first kappa shape index (κ1) is 13.8. The van der Waals surface area contributed by atoms with E-state index in [4.69, 9.17) is 27.5 Å². The van der Waals surface area contributed by atoms with Crippen LogP contribution in [0.25, 0.3) is 0 Å². The van der Waals surface area contributed by atoms with E-state index >= 15 is 0 Å². The average Bonchev–Trinajstić information content (AvgIpc) is 2.37. The van der Waals surface area contributed by atoms with Gasteiger partial charge in [0.25, 0.3) is 0 Å². The van der Waals surface area contributed by atoms with Gasteiger partial charge in [-0.05, 0) is 40.2 Å². The number of benzene rings is 2. The van der Waals surface area contributed by atoms with Crippen LogP contribution in [0.15, 0.2) is 40.9 Å². The fraction of sp³-hybridized carbons (Fsp3) is 0. The molecule has 2 aromatic carbocycles. The molecule has 0 saturated carbocycles. The summed E-state index contributed by atoms with van der Waals surface area (Å²) in [5.41, 5.74) is 5.60. The zero-order valence-electron chi connectivity index (χ0n) is 9.58. The van der Waals surface area contributed by atoms with E-state index < -0.39 is 5.82 Å². The fourth-order valence-corrected chi connectivity index (χ4v) is 2.18. The fourth-order valence-electron chi connectivity index (χ4n) is 1.46. The maximum absolute atomic E-state index is 14.1. The Morgan fingerprint density at radius 1 is 1.21 bits per heavy atom. The summed E-state index contributed by atoms with van der Waals surface area (Å²) in [5.74, 6) is -0.502. The van der Waals surface area contributed by atoms with Gasteiger partial charge in [0.15, 0.2) is 11.6 Å². The monoisotopic (exact) mass is 342 g/mol. The Morgan fingerprint density at radius 3 is 2.53 bits per heavy atom. The Hall–Kier alpha value is -1.59. The number of rotatable bonds is 3. The van der Waals surface area contributed by atoms with Crippen molar-refractivity contribution in [3.05, 3.63) is 57.3 Å². The third-order valence-corrected chi connectivity index (χ3v) is 3.48. The van der Waals surface area contributed by atoms with Crippen LogP contribution in [0.5, 0.6) is 11.5 Å². The topological polar surface area (TPSA) is 59.1 Å². The molecule has 2 rings (SSSR count). The molecule has 98 valence electrons. The number of amidine groups is 1. The molecule has 0 spiro atoms. The number of nitrogen functional groups attached to an aromatic ring is 1. The third kappa shape index (κ3) is 2.88. The Bertz CT molecular complexity index is 649. The summed E-state index contributed by atoms with van der Waals surface area (Å²) < 4.78 is 19.6. The van der Waals surface area contributed by atoms with Crippen LogP contribution in [0.4, 0.5) is 4.39 Å². The lowest BCUT2D eigenvalue weighted by Gasteiger charge is -2.11. The third-order valence-electron chi connectivity index (χ3n) is 2.39. The standard InChI is InChI=1S/C13H9BrClFN2O/c14-11-7(13(17)18)5-6-10(12(11)16)19-9-4-2-1-3-8(9)15/h1-6H,(H3,17,18).